The van der Waals surface area contributed by atoms with Crippen molar-refractivity contribution in [3.05, 3.63) is 59.9 Å². The van der Waals surface area contributed by atoms with Crippen LogP contribution in [0.4, 0.5) is 0 Å². The van der Waals surface area contributed by atoms with Crippen LogP contribution in [0, 0.1) is 6.92 Å². The zero-order valence-corrected chi connectivity index (χ0v) is 14.2. The Kier molecular flexibility index (Phi) is 5.31. The molecule has 1 aromatic carbocycles. The highest BCUT2D eigenvalue weighted by molar-refractivity contribution is 5.94. The number of aromatic nitrogens is 1. The number of carbonyl (C=O) groups is 1. The molecule has 6 nitrogen and oxygen atoms in total. The number of ether oxygens (including phenoxy) is 2. The van der Waals surface area contributed by atoms with Gasteiger partial charge in [-0.2, -0.15) is 0 Å². The number of carbonyl (C=O) groups excluding carboxylic acids is 1. The number of aliphatic hydroxyl groups is 1. The second-order valence-corrected chi connectivity index (χ2v) is 6.29. The fraction of sp³-hybridized carbons (Fsp3) is 0.368. The normalized spacial score (nSPS) is 20.8. The van der Waals surface area contributed by atoms with Crippen molar-refractivity contribution in [2.75, 3.05) is 32.9 Å². The highest BCUT2D eigenvalue weighted by atomic mass is 16.5. The monoisotopic (exact) mass is 342 g/mol. The number of pyridine rings is 1. The van der Waals surface area contributed by atoms with E-state index in [0.29, 0.717) is 24.5 Å². The third-order valence-corrected chi connectivity index (χ3v) is 4.17. The summed E-state index contributed by atoms with van der Waals surface area (Å²) in [7, 11) is 0. The van der Waals surface area contributed by atoms with Crippen LogP contribution in [0.2, 0.25) is 0 Å². The van der Waals surface area contributed by atoms with Gasteiger partial charge < -0.3 is 19.5 Å². The van der Waals surface area contributed by atoms with Gasteiger partial charge in [-0.1, -0.05) is 18.2 Å². The summed E-state index contributed by atoms with van der Waals surface area (Å²) in [4.78, 5) is 18.2. The van der Waals surface area contributed by atoms with Crippen molar-refractivity contribution in [3.63, 3.8) is 0 Å². The minimum absolute atomic E-state index is 0.0536. The molecule has 2 aromatic rings. The van der Waals surface area contributed by atoms with Gasteiger partial charge in [-0.3, -0.25) is 9.78 Å². The topological polar surface area (TPSA) is 71.9 Å². The van der Waals surface area contributed by atoms with E-state index < -0.39 is 5.60 Å². The number of para-hydroxylation sites is 1. The average molecular weight is 342 g/mol. The van der Waals surface area contributed by atoms with E-state index >= 15 is 0 Å². The number of rotatable bonds is 4. The Morgan fingerprint density at radius 1 is 1.32 bits per heavy atom. The van der Waals surface area contributed by atoms with E-state index in [1.165, 1.54) is 0 Å². The Morgan fingerprint density at radius 2 is 2.08 bits per heavy atom. The summed E-state index contributed by atoms with van der Waals surface area (Å²) in [5.74, 6) is 0.564. The van der Waals surface area contributed by atoms with Gasteiger partial charge in [0.2, 0.25) is 0 Å². The summed E-state index contributed by atoms with van der Waals surface area (Å²) >= 11 is 0. The predicted octanol–water partition coefficient (Wildman–Crippen LogP) is 1.67. The first-order valence-corrected chi connectivity index (χ1v) is 8.25. The molecule has 6 heteroatoms. The van der Waals surface area contributed by atoms with Crippen molar-refractivity contribution in [1.29, 1.82) is 0 Å². The summed E-state index contributed by atoms with van der Waals surface area (Å²) in [5, 5.41) is 10.9. The molecule has 3 rings (SSSR count). The highest BCUT2D eigenvalue weighted by Crippen LogP contribution is 2.20. The zero-order valence-electron chi connectivity index (χ0n) is 14.2. The van der Waals surface area contributed by atoms with E-state index in [1.807, 2.05) is 31.2 Å². The van der Waals surface area contributed by atoms with Crippen molar-refractivity contribution in [3.8, 4) is 5.75 Å². The Labute approximate surface area is 147 Å². The first kappa shape index (κ1) is 17.4. The van der Waals surface area contributed by atoms with Crippen LogP contribution in [-0.2, 0) is 4.74 Å². The van der Waals surface area contributed by atoms with E-state index in [2.05, 4.69) is 4.98 Å². The first-order chi connectivity index (χ1) is 12.1. The maximum Gasteiger partial charge on any atom is 0.254 e. The Bertz CT molecular complexity index is 722. The molecule has 0 spiro atoms. The van der Waals surface area contributed by atoms with Gasteiger partial charge in [-0.25, -0.2) is 0 Å². The molecule has 1 N–H and O–H groups in total. The fourth-order valence-corrected chi connectivity index (χ4v) is 2.79. The van der Waals surface area contributed by atoms with Gasteiger partial charge in [0.15, 0.2) is 0 Å². The maximum atomic E-state index is 12.7. The van der Waals surface area contributed by atoms with Crippen LogP contribution in [0.1, 0.15) is 15.9 Å². The molecule has 0 aliphatic carbocycles. The van der Waals surface area contributed by atoms with Gasteiger partial charge in [0.05, 0.1) is 19.8 Å². The SMILES string of the molecule is Cc1ccccc1OC[C@]1(O)COCCN(C(=O)c2ccncc2)C1. The lowest BCUT2D eigenvalue weighted by Crippen LogP contribution is -2.50. The molecular weight excluding hydrogens is 320 g/mol. The summed E-state index contributed by atoms with van der Waals surface area (Å²) in [5.41, 5.74) is 0.269. The van der Waals surface area contributed by atoms with Crippen LogP contribution in [0.15, 0.2) is 48.8 Å². The van der Waals surface area contributed by atoms with Gasteiger partial charge >= 0.3 is 0 Å². The van der Waals surface area contributed by atoms with Crippen molar-refractivity contribution >= 4 is 5.91 Å². The Morgan fingerprint density at radius 3 is 2.84 bits per heavy atom. The quantitative estimate of drug-likeness (QED) is 0.915. The Hall–Kier alpha value is -2.44. The first-order valence-electron chi connectivity index (χ1n) is 8.25. The third-order valence-electron chi connectivity index (χ3n) is 4.17. The van der Waals surface area contributed by atoms with Crippen molar-refractivity contribution in [2.45, 2.75) is 12.5 Å². The van der Waals surface area contributed by atoms with Crippen LogP contribution >= 0.6 is 0 Å². The summed E-state index contributed by atoms with van der Waals surface area (Å²) in [6.07, 6.45) is 3.16. The van der Waals surface area contributed by atoms with Crippen LogP contribution < -0.4 is 4.74 Å². The lowest BCUT2D eigenvalue weighted by Gasteiger charge is -2.30. The molecule has 0 unspecified atom stereocenters. The molecule has 1 fully saturated rings. The highest BCUT2D eigenvalue weighted by Gasteiger charge is 2.35. The number of hydrogen-bond acceptors (Lipinski definition) is 5. The molecule has 0 radical (unpaired) electrons. The lowest BCUT2D eigenvalue weighted by molar-refractivity contribution is -0.0622. The number of amides is 1. The zero-order chi connectivity index (χ0) is 17.7. The lowest BCUT2D eigenvalue weighted by atomic mass is 10.1. The molecule has 0 bridgehead atoms. The standard InChI is InChI=1S/C19H22N2O4/c1-15-4-2-3-5-17(15)25-14-19(23)12-21(10-11-24-13-19)18(22)16-6-8-20-9-7-16/h2-9,23H,10-14H2,1H3/t19-/m1/s1. The summed E-state index contributed by atoms with van der Waals surface area (Å²) in [6, 6.07) is 10.9. The molecule has 25 heavy (non-hydrogen) atoms. The number of aryl methyl sites for hydroxylation is 1. The summed E-state index contributed by atoms with van der Waals surface area (Å²) < 4.78 is 11.3. The smallest absolute Gasteiger partial charge is 0.254 e. The van der Waals surface area contributed by atoms with Crippen molar-refractivity contribution < 1.29 is 19.4 Å². The maximum absolute atomic E-state index is 12.7. The molecule has 132 valence electrons. The third kappa shape index (κ3) is 4.35. The van der Waals surface area contributed by atoms with Gasteiger partial charge in [-0.05, 0) is 30.7 Å². The summed E-state index contributed by atoms with van der Waals surface area (Å²) in [6.45, 7) is 3.08. The second-order valence-electron chi connectivity index (χ2n) is 6.29. The molecular formula is C19H22N2O4. The number of hydrogen-bond donors (Lipinski definition) is 1. The van der Waals surface area contributed by atoms with Gasteiger partial charge in [0.1, 0.15) is 18.0 Å². The van der Waals surface area contributed by atoms with Crippen LogP contribution in [0.3, 0.4) is 0 Å². The number of nitrogens with zero attached hydrogens (tertiary/aromatic N) is 2. The molecule has 0 saturated carbocycles. The van der Waals surface area contributed by atoms with Gasteiger partial charge in [0, 0.05) is 24.5 Å². The molecule has 1 saturated heterocycles. The molecule has 1 aliphatic heterocycles. The van der Waals surface area contributed by atoms with E-state index in [-0.39, 0.29) is 25.7 Å². The Balaban J connectivity index is 1.70. The van der Waals surface area contributed by atoms with Crippen molar-refractivity contribution in [1.82, 2.24) is 9.88 Å². The fourth-order valence-electron chi connectivity index (χ4n) is 2.79. The van der Waals surface area contributed by atoms with Crippen LogP contribution in [-0.4, -0.2) is 59.4 Å². The number of benzene rings is 1. The molecule has 2 heterocycles. The minimum atomic E-state index is -1.26. The van der Waals surface area contributed by atoms with Gasteiger partial charge in [0.25, 0.3) is 5.91 Å². The van der Waals surface area contributed by atoms with Crippen LogP contribution in [0.5, 0.6) is 5.75 Å². The van der Waals surface area contributed by atoms with E-state index in [4.69, 9.17) is 9.47 Å². The van der Waals surface area contributed by atoms with Crippen molar-refractivity contribution in [2.24, 2.45) is 0 Å². The average Bonchev–Trinajstić information content (AvgIpc) is 2.83. The molecule has 1 aromatic heterocycles. The largest absolute Gasteiger partial charge is 0.490 e. The number of β-amino-alcohol motifs (C(OH)–C–C–N with tert-alkyl or cyclic N) is 1. The van der Waals surface area contributed by atoms with Gasteiger partial charge in [-0.15, -0.1) is 0 Å². The molecule has 1 atom stereocenters. The molecule has 1 amide bonds. The van der Waals surface area contributed by atoms with Crippen LogP contribution in [0.25, 0.3) is 0 Å². The van der Waals surface area contributed by atoms with E-state index in [1.54, 1.807) is 29.4 Å². The second kappa shape index (κ2) is 7.63. The van der Waals surface area contributed by atoms with E-state index in [9.17, 15) is 9.90 Å². The molecule has 1 aliphatic rings. The predicted molar refractivity (Wildman–Crippen MR) is 92.6 cm³/mol. The minimum Gasteiger partial charge on any atom is -0.490 e. The van der Waals surface area contributed by atoms with E-state index in [0.717, 1.165) is 5.56 Å².